The van der Waals surface area contributed by atoms with Gasteiger partial charge in [-0.05, 0) is 23.8 Å². The van der Waals surface area contributed by atoms with E-state index in [0.29, 0.717) is 0 Å². The zero-order chi connectivity index (χ0) is 18.9. The van der Waals surface area contributed by atoms with Gasteiger partial charge in [0.25, 0.3) is 0 Å². The number of hydrogen-bond donors (Lipinski definition) is 1. The first-order chi connectivity index (χ1) is 13.8. The molecule has 0 spiro atoms. The smallest absolute Gasteiger partial charge is 0.182 e. The fourth-order valence-electron chi connectivity index (χ4n) is 3.32. The van der Waals surface area contributed by atoms with Gasteiger partial charge in [-0.15, -0.1) is 11.3 Å². The molecule has 0 unspecified atom stereocenters. The standard InChI is InChI=1S/C23H16N2OS2/c26-21(17-14-24-18-11-5-4-10-16(17)18)22(15-8-2-1-3-9-15)28-23-25-19-12-6-7-13-20(19)27-23/h1-14,22,24H/t22-/m1/s1. The van der Waals surface area contributed by atoms with Crippen LogP contribution in [0.15, 0.2) is 89.4 Å². The molecule has 0 saturated carbocycles. The molecule has 0 fully saturated rings. The van der Waals surface area contributed by atoms with E-state index in [1.165, 1.54) is 11.8 Å². The predicted molar refractivity (Wildman–Crippen MR) is 117 cm³/mol. The number of thiazole rings is 1. The molecule has 1 N–H and O–H groups in total. The minimum absolute atomic E-state index is 0.0907. The van der Waals surface area contributed by atoms with Crippen molar-refractivity contribution in [1.82, 2.24) is 9.97 Å². The van der Waals surface area contributed by atoms with Gasteiger partial charge in [0.15, 0.2) is 10.1 Å². The molecule has 2 aromatic heterocycles. The number of benzene rings is 3. The molecular formula is C23H16N2OS2. The lowest BCUT2D eigenvalue weighted by molar-refractivity contribution is 0.0991. The van der Waals surface area contributed by atoms with Gasteiger partial charge in [0, 0.05) is 22.7 Å². The summed E-state index contributed by atoms with van der Waals surface area (Å²) in [4.78, 5) is 21.5. The fourth-order valence-corrected chi connectivity index (χ4v) is 5.65. The van der Waals surface area contributed by atoms with Crippen LogP contribution in [0, 0.1) is 0 Å². The van der Waals surface area contributed by atoms with Gasteiger partial charge in [0.1, 0.15) is 5.25 Å². The number of nitrogens with one attached hydrogen (secondary N) is 1. The van der Waals surface area contributed by atoms with Gasteiger partial charge < -0.3 is 4.98 Å². The van der Waals surface area contributed by atoms with Crippen LogP contribution in [-0.2, 0) is 0 Å². The fraction of sp³-hybridized carbons (Fsp3) is 0.0435. The van der Waals surface area contributed by atoms with E-state index in [9.17, 15) is 4.79 Å². The highest BCUT2D eigenvalue weighted by molar-refractivity contribution is 8.02. The average molecular weight is 401 g/mol. The van der Waals surface area contributed by atoms with Crippen molar-refractivity contribution in [1.29, 1.82) is 0 Å². The summed E-state index contributed by atoms with van der Waals surface area (Å²) in [5, 5.41) is 0.610. The number of rotatable bonds is 5. The molecule has 1 atom stereocenters. The quantitative estimate of drug-likeness (QED) is 0.271. The van der Waals surface area contributed by atoms with Crippen molar-refractivity contribution in [3.05, 3.63) is 96.2 Å². The molecule has 0 aliphatic heterocycles. The number of Topliss-reactive ketones (excluding diaryl/α,β-unsaturated/α-hetero) is 1. The van der Waals surface area contributed by atoms with E-state index >= 15 is 0 Å². The molecule has 0 aliphatic rings. The molecule has 136 valence electrons. The molecular weight excluding hydrogens is 384 g/mol. The summed E-state index contributed by atoms with van der Waals surface area (Å²) in [6.07, 6.45) is 1.82. The summed E-state index contributed by atoms with van der Waals surface area (Å²) in [6.45, 7) is 0. The largest absolute Gasteiger partial charge is 0.360 e. The van der Waals surface area contributed by atoms with Gasteiger partial charge in [0.05, 0.1) is 10.2 Å². The number of para-hydroxylation sites is 2. The van der Waals surface area contributed by atoms with E-state index in [4.69, 9.17) is 4.98 Å². The molecule has 3 nitrogen and oxygen atoms in total. The molecule has 5 aromatic rings. The number of fused-ring (bicyclic) bond motifs is 2. The average Bonchev–Trinajstić information content (AvgIpc) is 3.36. The molecule has 3 aromatic carbocycles. The predicted octanol–water partition coefficient (Wildman–Crippen LogP) is 6.49. The molecule has 5 rings (SSSR count). The molecule has 0 amide bonds. The number of thioether (sulfide) groups is 1. The van der Waals surface area contributed by atoms with Crippen LogP contribution < -0.4 is 0 Å². The normalized spacial score (nSPS) is 12.4. The van der Waals surface area contributed by atoms with Crippen molar-refractivity contribution in [3.63, 3.8) is 0 Å². The Balaban J connectivity index is 1.57. The maximum Gasteiger partial charge on any atom is 0.182 e. The van der Waals surface area contributed by atoms with Gasteiger partial charge in [-0.1, -0.05) is 72.4 Å². The highest BCUT2D eigenvalue weighted by atomic mass is 32.2. The Bertz CT molecular complexity index is 1240. The third-order valence-electron chi connectivity index (χ3n) is 4.69. The van der Waals surface area contributed by atoms with E-state index in [1.54, 1.807) is 11.3 Å². The van der Waals surface area contributed by atoms with Crippen molar-refractivity contribution >= 4 is 50.0 Å². The number of carbonyl (C=O) groups excluding carboxylic acids is 1. The number of hydrogen-bond acceptors (Lipinski definition) is 4. The van der Waals surface area contributed by atoms with E-state index in [0.717, 1.165) is 36.6 Å². The second-order valence-electron chi connectivity index (χ2n) is 6.47. The summed E-state index contributed by atoms with van der Waals surface area (Å²) in [7, 11) is 0. The third kappa shape index (κ3) is 3.13. The van der Waals surface area contributed by atoms with Crippen LogP contribution in [0.5, 0.6) is 0 Å². The lowest BCUT2D eigenvalue weighted by atomic mass is 10.0. The van der Waals surface area contributed by atoms with Crippen LogP contribution in [0.3, 0.4) is 0 Å². The number of H-pyrrole nitrogens is 1. The number of aromatic nitrogens is 2. The third-order valence-corrected chi connectivity index (χ3v) is 7.07. The summed E-state index contributed by atoms with van der Waals surface area (Å²) in [6, 6.07) is 25.9. The molecule has 0 radical (unpaired) electrons. The maximum atomic E-state index is 13.6. The molecule has 0 aliphatic carbocycles. The molecule has 0 saturated heterocycles. The van der Waals surface area contributed by atoms with Gasteiger partial charge >= 0.3 is 0 Å². The first kappa shape index (κ1) is 17.2. The van der Waals surface area contributed by atoms with Crippen LogP contribution in [0.4, 0.5) is 0 Å². The second-order valence-corrected chi connectivity index (χ2v) is 8.85. The SMILES string of the molecule is O=C(c1c[nH]c2ccccc12)[C@H](Sc1nc2ccccc2s1)c1ccccc1. The Morgan fingerprint density at radius 3 is 2.54 bits per heavy atom. The number of carbonyl (C=O) groups is 1. The Morgan fingerprint density at radius 1 is 0.929 bits per heavy atom. The van der Waals surface area contributed by atoms with Crippen LogP contribution in [0.2, 0.25) is 0 Å². The van der Waals surface area contributed by atoms with E-state index in [1.807, 2.05) is 79.0 Å². The van der Waals surface area contributed by atoms with Crippen LogP contribution >= 0.6 is 23.1 Å². The first-order valence-electron chi connectivity index (χ1n) is 8.97. The zero-order valence-corrected chi connectivity index (χ0v) is 16.5. The monoisotopic (exact) mass is 400 g/mol. The Labute approximate surface area is 170 Å². The van der Waals surface area contributed by atoms with Gasteiger partial charge in [-0.2, -0.15) is 0 Å². The van der Waals surface area contributed by atoms with Crippen LogP contribution in [0.1, 0.15) is 21.2 Å². The first-order valence-corrected chi connectivity index (χ1v) is 10.7. The van der Waals surface area contributed by atoms with Gasteiger partial charge in [-0.25, -0.2) is 4.98 Å². The maximum absolute atomic E-state index is 13.6. The summed E-state index contributed by atoms with van der Waals surface area (Å²) >= 11 is 3.16. The van der Waals surface area contributed by atoms with E-state index in [-0.39, 0.29) is 11.0 Å². The van der Waals surface area contributed by atoms with Crippen molar-refractivity contribution in [3.8, 4) is 0 Å². The molecule has 28 heavy (non-hydrogen) atoms. The topological polar surface area (TPSA) is 45.8 Å². The van der Waals surface area contributed by atoms with Crippen molar-refractivity contribution < 1.29 is 4.79 Å². The highest BCUT2D eigenvalue weighted by Gasteiger charge is 2.26. The van der Waals surface area contributed by atoms with Crippen LogP contribution in [-0.4, -0.2) is 15.8 Å². The number of nitrogens with zero attached hydrogens (tertiary/aromatic N) is 1. The lowest BCUT2D eigenvalue weighted by Crippen LogP contribution is -2.09. The minimum atomic E-state index is -0.346. The molecule has 0 bridgehead atoms. The molecule has 2 heterocycles. The zero-order valence-electron chi connectivity index (χ0n) is 14.8. The van der Waals surface area contributed by atoms with E-state index in [2.05, 4.69) is 11.1 Å². The Morgan fingerprint density at radius 2 is 1.68 bits per heavy atom. The minimum Gasteiger partial charge on any atom is -0.360 e. The van der Waals surface area contributed by atoms with Crippen molar-refractivity contribution in [2.75, 3.05) is 0 Å². The Hall–Kier alpha value is -2.89. The number of ketones is 1. The van der Waals surface area contributed by atoms with Crippen LogP contribution in [0.25, 0.3) is 21.1 Å². The van der Waals surface area contributed by atoms with Gasteiger partial charge in [-0.3, -0.25) is 4.79 Å². The highest BCUT2D eigenvalue weighted by Crippen LogP contribution is 2.41. The summed E-state index contributed by atoms with van der Waals surface area (Å²) < 4.78 is 2.04. The van der Waals surface area contributed by atoms with Crippen molar-refractivity contribution in [2.45, 2.75) is 9.59 Å². The van der Waals surface area contributed by atoms with Gasteiger partial charge in [0.2, 0.25) is 0 Å². The number of aromatic amines is 1. The Kier molecular flexibility index (Phi) is 4.47. The van der Waals surface area contributed by atoms with Crippen molar-refractivity contribution in [2.24, 2.45) is 0 Å². The summed E-state index contributed by atoms with van der Waals surface area (Å²) in [5.74, 6) is 0.0907. The molecule has 5 heteroatoms. The lowest BCUT2D eigenvalue weighted by Gasteiger charge is -2.14. The summed E-state index contributed by atoms with van der Waals surface area (Å²) in [5.41, 5.74) is 3.66. The van der Waals surface area contributed by atoms with E-state index < -0.39 is 0 Å². The second kappa shape index (κ2) is 7.26.